The molecule has 11 rings (SSSR count). The average molecular weight is 841 g/mol. The number of nitrogens with zero attached hydrogens (tertiary/aromatic N) is 3. The van der Waals surface area contributed by atoms with Crippen molar-refractivity contribution in [1.82, 2.24) is 0 Å². The molecule has 0 aliphatic heterocycles. The zero-order valence-electron chi connectivity index (χ0n) is 35.9. The van der Waals surface area contributed by atoms with Crippen LogP contribution in [-0.4, -0.2) is 17.9 Å². The summed E-state index contributed by atoms with van der Waals surface area (Å²) in [5.74, 6) is 0.601. The van der Waals surface area contributed by atoms with Gasteiger partial charge in [-0.2, -0.15) is 5.26 Å². The predicted octanol–water partition coefficient (Wildman–Crippen LogP) is 15.6. The van der Waals surface area contributed by atoms with E-state index in [2.05, 4.69) is 164 Å². The molecule has 0 atom stereocenters. The molecule has 66 heavy (non-hydrogen) atoms. The first kappa shape index (κ1) is 39.8. The summed E-state index contributed by atoms with van der Waals surface area (Å²) in [7, 11) is 0. The van der Waals surface area contributed by atoms with E-state index in [4.69, 9.17) is 15.4 Å². The summed E-state index contributed by atoms with van der Waals surface area (Å²) in [5, 5.41) is 21.8. The fourth-order valence-corrected chi connectivity index (χ4v) is 9.15. The van der Waals surface area contributed by atoms with E-state index in [0.717, 1.165) is 72.3 Å². The number of nitriles is 1. The Balaban J connectivity index is 0.886. The summed E-state index contributed by atoms with van der Waals surface area (Å²) in [5.41, 5.74) is 18.6. The van der Waals surface area contributed by atoms with E-state index in [-0.39, 0.29) is 5.84 Å². The van der Waals surface area contributed by atoms with E-state index in [0.29, 0.717) is 11.4 Å². The van der Waals surface area contributed by atoms with Crippen LogP contribution in [0.5, 0.6) is 0 Å². The number of hydrogen-bond acceptors (Lipinski definition) is 2. The SMILES string of the molecule is N#Cc1ccc(-c2cccc(-c3ccc(C=NC(=NC(=N)c4ccccc4)c4cccc(-c5ccccc5)c4)cc3)c2)cc1-c1ccccc1-c1ccc2c(c1)-c1cccc3cccc-2c13. The van der Waals surface area contributed by atoms with Gasteiger partial charge in [0.2, 0.25) is 0 Å². The summed E-state index contributed by atoms with van der Waals surface area (Å²) >= 11 is 0. The number of rotatable bonds is 8. The zero-order valence-corrected chi connectivity index (χ0v) is 35.9. The van der Waals surface area contributed by atoms with E-state index in [1.54, 1.807) is 0 Å². The van der Waals surface area contributed by atoms with Crippen molar-refractivity contribution >= 4 is 28.7 Å². The lowest BCUT2D eigenvalue weighted by molar-refractivity contribution is 1.40. The lowest BCUT2D eigenvalue weighted by Gasteiger charge is -2.15. The Morgan fingerprint density at radius 1 is 0.394 bits per heavy atom. The second-order valence-corrected chi connectivity index (χ2v) is 16.4. The van der Waals surface area contributed by atoms with Crippen molar-refractivity contribution < 1.29 is 0 Å². The Labute approximate surface area is 384 Å². The monoisotopic (exact) mass is 840 g/mol. The van der Waals surface area contributed by atoms with Crippen molar-refractivity contribution in [3.8, 4) is 84.0 Å². The molecule has 0 saturated carbocycles. The first-order valence-electron chi connectivity index (χ1n) is 22.0. The molecular formula is C62H40N4. The van der Waals surface area contributed by atoms with Gasteiger partial charge in [-0.25, -0.2) is 9.98 Å². The largest absolute Gasteiger partial charge is 0.282 e. The van der Waals surface area contributed by atoms with Crippen LogP contribution in [0.1, 0.15) is 22.3 Å². The third-order valence-electron chi connectivity index (χ3n) is 12.4. The van der Waals surface area contributed by atoms with Gasteiger partial charge in [-0.3, -0.25) is 5.41 Å². The number of benzene rings is 10. The van der Waals surface area contributed by atoms with Gasteiger partial charge in [-0.05, 0) is 119 Å². The van der Waals surface area contributed by atoms with E-state index in [9.17, 15) is 5.26 Å². The van der Waals surface area contributed by atoms with Crippen molar-refractivity contribution in [1.29, 1.82) is 10.7 Å². The van der Waals surface area contributed by atoms with Gasteiger partial charge < -0.3 is 0 Å². The summed E-state index contributed by atoms with van der Waals surface area (Å²) in [6.07, 6.45) is 1.81. The maximum Gasteiger partial charge on any atom is 0.161 e. The summed E-state index contributed by atoms with van der Waals surface area (Å²) < 4.78 is 0. The highest BCUT2D eigenvalue weighted by atomic mass is 14.9. The Morgan fingerprint density at radius 2 is 0.909 bits per heavy atom. The molecule has 10 aromatic carbocycles. The lowest BCUT2D eigenvalue weighted by Crippen LogP contribution is -2.05. The Kier molecular flexibility index (Phi) is 10.4. The molecule has 0 spiro atoms. The molecule has 0 saturated heterocycles. The minimum Gasteiger partial charge on any atom is -0.282 e. The molecule has 10 aromatic rings. The Bertz CT molecular complexity index is 3590. The lowest BCUT2D eigenvalue weighted by atomic mass is 9.88. The quantitative estimate of drug-likeness (QED) is 0.120. The Morgan fingerprint density at radius 3 is 1.67 bits per heavy atom. The van der Waals surface area contributed by atoms with Gasteiger partial charge >= 0.3 is 0 Å². The second kappa shape index (κ2) is 17.3. The first-order chi connectivity index (χ1) is 32.6. The molecule has 0 radical (unpaired) electrons. The maximum atomic E-state index is 10.4. The van der Waals surface area contributed by atoms with E-state index in [1.807, 2.05) is 79.0 Å². The Hall–Kier alpha value is -9.04. The molecule has 0 heterocycles. The first-order valence-corrected chi connectivity index (χ1v) is 22.0. The number of fused-ring (bicyclic) bond motifs is 3. The maximum absolute atomic E-state index is 10.4. The molecule has 0 unspecified atom stereocenters. The van der Waals surface area contributed by atoms with Crippen LogP contribution in [-0.2, 0) is 0 Å². The molecule has 4 heteroatoms. The topological polar surface area (TPSA) is 72.4 Å². The van der Waals surface area contributed by atoms with Crippen molar-refractivity contribution in [3.05, 3.63) is 253 Å². The van der Waals surface area contributed by atoms with Crippen molar-refractivity contribution in [2.24, 2.45) is 9.98 Å². The average Bonchev–Trinajstić information content (AvgIpc) is 3.72. The minimum absolute atomic E-state index is 0.144. The van der Waals surface area contributed by atoms with E-state index >= 15 is 0 Å². The molecule has 1 aliphatic rings. The van der Waals surface area contributed by atoms with Crippen LogP contribution in [0.4, 0.5) is 0 Å². The summed E-state index contributed by atoms with van der Waals surface area (Å²) in [6.45, 7) is 0. The second-order valence-electron chi connectivity index (χ2n) is 16.4. The van der Waals surface area contributed by atoms with Gasteiger partial charge in [0.1, 0.15) is 0 Å². The fourth-order valence-electron chi connectivity index (χ4n) is 9.15. The van der Waals surface area contributed by atoms with Crippen molar-refractivity contribution in [2.45, 2.75) is 0 Å². The highest BCUT2D eigenvalue weighted by Crippen LogP contribution is 2.49. The highest BCUT2D eigenvalue weighted by Gasteiger charge is 2.22. The van der Waals surface area contributed by atoms with Crippen molar-refractivity contribution in [2.75, 3.05) is 0 Å². The normalized spacial score (nSPS) is 11.7. The molecule has 0 fully saturated rings. The number of amidine groups is 2. The fraction of sp³-hybridized carbons (Fsp3) is 0. The molecule has 0 aromatic heterocycles. The third kappa shape index (κ3) is 7.62. The van der Waals surface area contributed by atoms with Gasteiger partial charge in [0.05, 0.1) is 11.6 Å². The van der Waals surface area contributed by atoms with Crippen molar-refractivity contribution in [3.63, 3.8) is 0 Å². The molecule has 4 nitrogen and oxygen atoms in total. The van der Waals surface area contributed by atoms with E-state index < -0.39 is 0 Å². The van der Waals surface area contributed by atoms with Crippen LogP contribution in [0.15, 0.2) is 241 Å². The molecular weight excluding hydrogens is 801 g/mol. The molecule has 0 amide bonds. The molecule has 1 aliphatic carbocycles. The van der Waals surface area contributed by atoms with Crippen LogP contribution in [0, 0.1) is 16.7 Å². The summed E-state index contributed by atoms with van der Waals surface area (Å²) in [6, 6.07) is 81.7. The molecule has 308 valence electrons. The van der Waals surface area contributed by atoms with Gasteiger partial charge in [0.25, 0.3) is 0 Å². The predicted molar refractivity (Wildman–Crippen MR) is 274 cm³/mol. The van der Waals surface area contributed by atoms with Gasteiger partial charge in [-0.1, -0.05) is 200 Å². The number of nitrogens with one attached hydrogen (secondary N) is 1. The van der Waals surface area contributed by atoms with Gasteiger partial charge in [0, 0.05) is 22.9 Å². The van der Waals surface area contributed by atoms with Crippen LogP contribution in [0.25, 0.3) is 88.7 Å². The number of aliphatic imine (C=N–C) groups is 2. The van der Waals surface area contributed by atoms with Crippen LogP contribution >= 0.6 is 0 Å². The third-order valence-corrected chi connectivity index (χ3v) is 12.4. The van der Waals surface area contributed by atoms with Crippen LogP contribution in [0.2, 0.25) is 0 Å². The van der Waals surface area contributed by atoms with Gasteiger partial charge in [-0.15, -0.1) is 0 Å². The standard InChI is InChI=1S/C62H40N4/c63-39-52-32-31-49(37-58(52)54-24-8-7-23-53(54)50-33-34-55-56-25-11-17-44-18-12-26-57(60(44)56)59(55)38-50)48-21-9-19-46(35-48)43-29-27-41(28-30-43)40-65-62(66-61(64)45-15-5-2-6-16-45)51-22-10-20-47(36-51)42-13-3-1-4-14-42/h1-38,40,64H. The number of hydrogen-bond donors (Lipinski definition) is 1. The molecule has 0 bridgehead atoms. The summed E-state index contributed by atoms with van der Waals surface area (Å²) in [4.78, 5) is 9.62. The highest BCUT2D eigenvalue weighted by molar-refractivity contribution is 6.16. The van der Waals surface area contributed by atoms with Crippen LogP contribution < -0.4 is 0 Å². The van der Waals surface area contributed by atoms with Crippen LogP contribution in [0.3, 0.4) is 0 Å². The molecule has 1 N–H and O–H groups in total. The zero-order chi connectivity index (χ0) is 44.4. The van der Waals surface area contributed by atoms with E-state index in [1.165, 1.54) is 33.0 Å². The smallest absolute Gasteiger partial charge is 0.161 e. The van der Waals surface area contributed by atoms with Gasteiger partial charge in [0.15, 0.2) is 11.7 Å². The minimum atomic E-state index is 0.144.